The Hall–Kier alpha value is -2.88. The number of hydrogen-bond acceptors (Lipinski definition) is 1. The molecule has 0 N–H and O–H groups in total. The Morgan fingerprint density at radius 3 is 2.19 bits per heavy atom. The molecular weight excluding hydrogens is 335 g/mol. The molecule has 0 radical (unpaired) electrons. The maximum atomic E-state index is 13.9. The predicted molar refractivity (Wildman–Crippen MR) is 99.2 cm³/mol. The average molecular weight is 351 g/mol. The van der Waals surface area contributed by atoms with Crippen LogP contribution < -0.4 is 0 Å². The van der Waals surface area contributed by atoms with Crippen molar-refractivity contribution >= 4 is 21.5 Å². The minimum atomic E-state index is -4.46. The third-order valence-corrected chi connectivity index (χ3v) is 4.57. The van der Waals surface area contributed by atoms with Crippen LogP contribution in [0.5, 0.6) is 0 Å². The number of nitrogens with zero attached hydrogens (tertiary/aromatic N) is 1. The molecule has 4 rings (SSSR count). The van der Waals surface area contributed by atoms with Crippen LogP contribution in [0.1, 0.15) is 16.7 Å². The third-order valence-electron chi connectivity index (χ3n) is 4.57. The van der Waals surface area contributed by atoms with E-state index in [-0.39, 0.29) is 5.39 Å². The molecule has 0 amide bonds. The summed E-state index contributed by atoms with van der Waals surface area (Å²) in [5, 5.41) is 2.09. The topological polar surface area (TPSA) is 12.9 Å². The number of rotatable bonds is 1. The van der Waals surface area contributed by atoms with Crippen molar-refractivity contribution in [1.29, 1.82) is 0 Å². The maximum absolute atomic E-state index is 13.9. The highest BCUT2D eigenvalue weighted by molar-refractivity contribution is 6.13. The summed E-state index contributed by atoms with van der Waals surface area (Å²) in [5.74, 6) is 0. The maximum Gasteiger partial charge on any atom is 0.417 e. The molecule has 4 heteroatoms. The average Bonchev–Trinajstić information content (AvgIpc) is 2.58. The van der Waals surface area contributed by atoms with Crippen molar-refractivity contribution in [3.63, 3.8) is 0 Å². The summed E-state index contributed by atoms with van der Waals surface area (Å²) in [4.78, 5) is 4.34. The summed E-state index contributed by atoms with van der Waals surface area (Å²) in [6, 6.07) is 15.8. The normalized spacial score (nSPS) is 12.0. The van der Waals surface area contributed by atoms with Crippen molar-refractivity contribution < 1.29 is 13.2 Å². The fraction of sp³-hybridized carbons (Fsp3) is 0.136. The van der Waals surface area contributed by atoms with Gasteiger partial charge in [-0.25, -0.2) is 0 Å². The van der Waals surface area contributed by atoms with E-state index < -0.39 is 11.7 Å². The number of halogens is 3. The molecule has 130 valence electrons. The van der Waals surface area contributed by atoms with Gasteiger partial charge in [-0.15, -0.1) is 0 Å². The van der Waals surface area contributed by atoms with Crippen LogP contribution in [0, 0.1) is 13.8 Å². The van der Waals surface area contributed by atoms with Crippen LogP contribution in [0.15, 0.2) is 60.8 Å². The van der Waals surface area contributed by atoms with Crippen LogP contribution in [0.3, 0.4) is 0 Å². The molecule has 0 aliphatic carbocycles. The largest absolute Gasteiger partial charge is 0.417 e. The molecule has 26 heavy (non-hydrogen) atoms. The molecule has 0 aliphatic rings. The highest BCUT2D eigenvalue weighted by Gasteiger charge is 2.34. The van der Waals surface area contributed by atoms with E-state index in [1.165, 1.54) is 6.07 Å². The quantitative estimate of drug-likeness (QED) is 0.348. The van der Waals surface area contributed by atoms with Crippen molar-refractivity contribution in [1.82, 2.24) is 4.98 Å². The first-order chi connectivity index (χ1) is 12.3. The third kappa shape index (κ3) is 2.71. The molecule has 0 atom stereocenters. The number of hydrogen-bond donors (Lipinski definition) is 0. The Morgan fingerprint density at radius 2 is 1.50 bits per heavy atom. The lowest BCUT2D eigenvalue weighted by Gasteiger charge is -2.16. The van der Waals surface area contributed by atoms with Gasteiger partial charge in [0.25, 0.3) is 0 Å². The van der Waals surface area contributed by atoms with Crippen molar-refractivity contribution in [3.05, 3.63) is 77.5 Å². The van der Waals surface area contributed by atoms with Crippen LogP contribution in [-0.4, -0.2) is 4.98 Å². The first-order valence-electron chi connectivity index (χ1n) is 8.31. The number of benzene rings is 3. The van der Waals surface area contributed by atoms with E-state index in [4.69, 9.17) is 0 Å². The number of alkyl halides is 3. The lowest BCUT2D eigenvalue weighted by Crippen LogP contribution is -2.07. The van der Waals surface area contributed by atoms with Gasteiger partial charge in [-0.1, -0.05) is 41.5 Å². The van der Waals surface area contributed by atoms with Crippen molar-refractivity contribution in [3.8, 4) is 11.3 Å². The molecule has 1 heterocycles. The zero-order chi connectivity index (χ0) is 18.5. The van der Waals surface area contributed by atoms with E-state index in [9.17, 15) is 13.2 Å². The lowest BCUT2D eigenvalue weighted by molar-refractivity contribution is -0.136. The Labute approximate surface area is 149 Å². The molecule has 0 saturated carbocycles. The summed E-state index contributed by atoms with van der Waals surface area (Å²) < 4.78 is 41.6. The molecule has 0 unspecified atom stereocenters. The van der Waals surface area contributed by atoms with Crippen LogP contribution in [-0.2, 0) is 6.18 Å². The first-order valence-corrected chi connectivity index (χ1v) is 8.31. The van der Waals surface area contributed by atoms with E-state index >= 15 is 0 Å². The summed E-state index contributed by atoms with van der Waals surface area (Å²) in [6.07, 6.45) is -2.87. The van der Waals surface area contributed by atoms with Gasteiger partial charge in [0.1, 0.15) is 0 Å². The fourth-order valence-corrected chi connectivity index (χ4v) is 3.61. The molecule has 4 aromatic rings. The standard InChI is InChI=1S/C22H16F3N/c1-13-9-14(2)11-16(10-13)21-20-18(7-8-26-21)17-6-4-3-5-15(17)12-19(20)22(23,24)25/h3-12H,1-2H3. The number of aryl methyl sites for hydroxylation is 2. The molecule has 0 fully saturated rings. The molecule has 0 aliphatic heterocycles. The van der Waals surface area contributed by atoms with E-state index in [0.717, 1.165) is 16.5 Å². The lowest BCUT2D eigenvalue weighted by atomic mass is 9.93. The zero-order valence-electron chi connectivity index (χ0n) is 14.4. The van der Waals surface area contributed by atoms with Crippen LogP contribution in [0.2, 0.25) is 0 Å². The highest BCUT2D eigenvalue weighted by atomic mass is 19.4. The van der Waals surface area contributed by atoms with Gasteiger partial charge in [-0.3, -0.25) is 4.98 Å². The summed E-state index contributed by atoms with van der Waals surface area (Å²) >= 11 is 0. The first kappa shape index (κ1) is 16.6. The minimum absolute atomic E-state index is 0.156. The highest BCUT2D eigenvalue weighted by Crippen LogP contribution is 2.42. The monoisotopic (exact) mass is 351 g/mol. The van der Waals surface area contributed by atoms with Gasteiger partial charge in [0.15, 0.2) is 0 Å². The van der Waals surface area contributed by atoms with E-state index in [1.807, 2.05) is 44.2 Å². The second-order valence-corrected chi connectivity index (χ2v) is 6.60. The minimum Gasteiger partial charge on any atom is -0.256 e. The molecule has 0 saturated heterocycles. The molecule has 0 bridgehead atoms. The van der Waals surface area contributed by atoms with Crippen molar-refractivity contribution in [2.75, 3.05) is 0 Å². The van der Waals surface area contributed by atoms with Crippen LogP contribution in [0.4, 0.5) is 13.2 Å². The summed E-state index contributed by atoms with van der Waals surface area (Å²) in [6.45, 7) is 3.86. The Balaban J connectivity index is 2.20. The molecule has 3 aromatic carbocycles. The molecule has 1 aromatic heterocycles. The Morgan fingerprint density at radius 1 is 0.808 bits per heavy atom. The number of fused-ring (bicyclic) bond motifs is 3. The number of aromatic nitrogens is 1. The van der Waals surface area contributed by atoms with E-state index in [0.29, 0.717) is 22.0 Å². The van der Waals surface area contributed by atoms with E-state index in [2.05, 4.69) is 4.98 Å². The number of pyridine rings is 1. The van der Waals surface area contributed by atoms with Crippen molar-refractivity contribution in [2.24, 2.45) is 0 Å². The molecular formula is C22H16F3N. The zero-order valence-corrected chi connectivity index (χ0v) is 14.4. The summed E-state index contributed by atoms with van der Waals surface area (Å²) in [5.41, 5.74) is 2.41. The van der Waals surface area contributed by atoms with Gasteiger partial charge >= 0.3 is 6.18 Å². The Kier molecular flexibility index (Phi) is 3.72. The van der Waals surface area contributed by atoms with Gasteiger partial charge in [0, 0.05) is 17.1 Å². The van der Waals surface area contributed by atoms with Crippen LogP contribution in [0.25, 0.3) is 32.8 Å². The molecule has 1 nitrogen and oxygen atoms in total. The summed E-state index contributed by atoms with van der Waals surface area (Å²) in [7, 11) is 0. The fourth-order valence-electron chi connectivity index (χ4n) is 3.61. The smallest absolute Gasteiger partial charge is 0.256 e. The SMILES string of the molecule is Cc1cc(C)cc(-c2nccc3c2c(C(F)(F)F)cc2ccccc23)c1. The van der Waals surface area contributed by atoms with E-state index in [1.54, 1.807) is 24.4 Å². The second-order valence-electron chi connectivity index (χ2n) is 6.60. The van der Waals surface area contributed by atoms with Gasteiger partial charge < -0.3 is 0 Å². The van der Waals surface area contributed by atoms with Gasteiger partial charge in [-0.2, -0.15) is 13.2 Å². The van der Waals surface area contributed by atoms with Gasteiger partial charge in [-0.05, 0) is 54.3 Å². The second kappa shape index (κ2) is 5.84. The Bertz CT molecular complexity index is 1120. The van der Waals surface area contributed by atoms with Gasteiger partial charge in [0.05, 0.1) is 11.3 Å². The molecule has 0 spiro atoms. The predicted octanol–water partition coefficient (Wildman–Crippen LogP) is 6.69. The van der Waals surface area contributed by atoms with Crippen LogP contribution >= 0.6 is 0 Å². The van der Waals surface area contributed by atoms with Crippen molar-refractivity contribution in [2.45, 2.75) is 20.0 Å². The van der Waals surface area contributed by atoms with Gasteiger partial charge in [0.2, 0.25) is 0 Å².